The van der Waals surface area contributed by atoms with Gasteiger partial charge in [-0.25, -0.2) is 18.7 Å². The molecule has 2 aromatic rings. The summed E-state index contributed by atoms with van der Waals surface area (Å²) in [4.78, 5) is 21.9. The summed E-state index contributed by atoms with van der Waals surface area (Å²) in [5.74, 6) is -1.46. The molecular weight excluding hydrogens is 316 g/mol. The van der Waals surface area contributed by atoms with E-state index in [0.717, 1.165) is 25.1 Å². The van der Waals surface area contributed by atoms with Crippen molar-refractivity contribution in [2.24, 2.45) is 0 Å². The molecule has 6 nitrogen and oxygen atoms in total. The summed E-state index contributed by atoms with van der Waals surface area (Å²) in [6.07, 6.45) is 3.44. The van der Waals surface area contributed by atoms with E-state index in [9.17, 15) is 13.6 Å². The number of aromatic nitrogens is 2. The third kappa shape index (κ3) is 5.24. The SMILES string of the molecule is CN(C)CCCNC(=O)c1cnc(Nc2ccc(F)cc2F)cn1. The molecule has 2 N–H and O–H groups in total. The molecule has 1 aromatic heterocycles. The average Bonchev–Trinajstić information content (AvgIpc) is 2.54. The molecule has 0 aliphatic heterocycles. The lowest BCUT2D eigenvalue weighted by molar-refractivity contribution is 0.0947. The summed E-state index contributed by atoms with van der Waals surface area (Å²) in [6, 6.07) is 3.16. The van der Waals surface area contributed by atoms with Gasteiger partial charge in [-0.1, -0.05) is 0 Å². The minimum absolute atomic E-state index is 0.0755. The van der Waals surface area contributed by atoms with Crippen molar-refractivity contribution in [3.8, 4) is 0 Å². The first-order valence-electron chi connectivity index (χ1n) is 7.43. The maximum absolute atomic E-state index is 13.6. The smallest absolute Gasteiger partial charge is 0.271 e. The number of benzene rings is 1. The summed E-state index contributed by atoms with van der Waals surface area (Å²) in [5.41, 5.74) is 0.247. The predicted octanol–water partition coefficient (Wildman–Crippen LogP) is 2.18. The van der Waals surface area contributed by atoms with Crippen LogP contribution in [0.15, 0.2) is 30.6 Å². The number of carbonyl (C=O) groups excluding carboxylic acids is 1. The first-order valence-corrected chi connectivity index (χ1v) is 7.43. The van der Waals surface area contributed by atoms with Crippen LogP contribution in [0.3, 0.4) is 0 Å². The quantitative estimate of drug-likeness (QED) is 0.759. The second-order valence-corrected chi connectivity index (χ2v) is 5.45. The van der Waals surface area contributed by atoms with Gasteiger partial charge in [0.05, 0.1) is 18.1 Å². The topological polar surface area (TPSA) is 70.2 Å². The molecule has 0 aliphatic carbocycles. The monoisotopic (exact) mass is 335 g/mol. The van der Waals surface area contributed by atoms with Gasteiger partial charge in [0, 0.05) is 12.6 Å². The summed E-state index contributed by atoms with van der Waals surface area (Å²) >= 11 is 0. The normalized spacial score (nSPS) is 10.7. The van der Waals surface area contributed by atoms with Crippen LogP contribution in [0.4, 0.5) is 20.3 Å². The summed E-state index contributed by atoms with van der Waals surface area (Å²) in [6.45, 7) is 1.41. The lowest BCUT2D eigenvalue weighted by Crippen LogP contribution is -2.27. The van der Waals surface area contributed by atoms with Crippen LogP contribution in [0.5, 0.6) is 0 Å². The Morgan fingerprint density at radius 1 is 1.21 bits per heavy atom. The van der Waals surface area contributed by atoms with Gasteiger partial charge in [-0.2, -0.15) is 0 Å². The fourth-order valence-electron chi connectivity index (χ4n) is 1.93. The van der Waals surface area contributed by atoms with Crippen LogP contribution in [-0.4, -0.2) is 48.0 Å². The summed E-state index contributed by atoms with van der Waals surface area (Å²) in [5, 5.41) is 5.43. The van der Waals surface area contributed by atoms with Crippen molar-refractivity contribution in [1.82, 2.24) is 20.2 Å². The second-order valence-electron chi connectivity index (χ2n) is 5.45. The molecule has 128 valence electrons. The average molecular weight is 335 g/mol. The Hall–Kier alpha value is -2.61. The fraction of sp³-hybridized carbons (Fsp3) is 0.312. The zero-order valence-electron chi connectivity index (χ0n) is 13.5. The molecule has 0 bridgehead atoms. The van der Waals surface area contributed by atoms with Crippen molar-refractivity contribution in [1.29, 1.82) is 0 Å². The summed E-state index contributed by atoms with van der Waals surface area (Å²) in [7, 11) is 3.92. The highest BCUT2D eigenvalue weighted by atomic mass is 19.1. The molecule has 2 rings (SSSR count). The molecule has 0 spiro atoms. The molecule has 0 saturated carbocycles. The zero-order chi connectivity index (χ0) is 17.5. The van der Waals surface area contributed by atoms with Crippen LogP contribution in [0, 0.1) is 11.6 Å². The third-order valence-electron chi connectivity index (χ3n) is 3.15. The number of nitrogens with one attached hydrogen (secondary N) is 2. The van der Waals surface area contributed by atoms with Crippen molar-refractivity contribution in [2.75, 3.05) is 32.5 Å². The summed E-state index contributed by atoms with van der Waals surface area (Å²) < 4.78 is 26.4. The van der Waals surface area contributed by atoms with E-state index in [1.165, 1.54) is 18.5 Å². The minimum Gasteiger partial charge on any atom is -0.351 e. The standard InChI is InChI=1S/C16H19F2N5O/c1-23(2)7-3-6-19-16(24)14-9-21-15(10-20-14)22-13-5-4-11(17)8-12(13)18/h4-5,8-10H,3,6-7H2,1-2H3,(H,19,24)(H,21,22). The van der Waals surface area contributed by atoms with E-state index < -0.39 is 11.6 Å². The first-order chi connectivity index (χ1) is 11.5. The van der Waals surface area contributed by atoms with Gasteiger partial charge >= 0.3 is 0 Å². The van der Waals surface area contributed by atoms with Crippen LogP contribution in [0.1, 0.15) is 16.9 Å². The predicted molar refractivity (Wildman–Crippen MR) is 87.2 cm³/mol. The van der Waals surface area contributed by atoms with Crippen molar-refractivity contribution >= 4 is 17.4 Å². The van der Waals surface area contributed by atoms with Gasteiger partial charge in [-0.3, -0.25) is 4.79 Å². The van der Waals surface area contributed by atoms with E-state index in [0.29, 0.717) is 6.54 Å². The minimum atomic E-state index is -0.737. The fourth-order valence-corrected chi connectivity index (χ4v) is 1.93. The molecule has 1 aromatic carbocycles. The van der Waals surface area contributed by atoms with E-state index >= 15 is 0 Å². The molecule has 1 heterocycles. The largest absolute Gasteiger partial charge is 0.351 e. The Morgan fingerprint density at radius 3 is 2.62 bits per heavy atom. The van der Waals surface area contributed by atoms with Crippen LogP contribution >= 0.6 is 0 Å². The number of rotatable bonds is 7. The highest BCUT2D eigenvalue weighted by Crippen LogP contribution is 2.18. The Balaban J connectivity index is 1.91. The highest BCUT2D eigenvalue weighted by molar-refractivity contribution is 5.92. The van der Waals surface area contributed by atoms with Gasteiger partial charge in [0.15, 0.2) is 0 Å². The van der Waals surface area contributed by atoms with Crippen molar-refractivity contribution in [3.63, 3.8) is 0 Å². The molecule has 0 radical (unpaired) electrons. The second kappa shape index (κ2) is 8.30. The maximum Gasteiger partial charge on any atom is 0.271 e. The molecule has 8 heteroatoms. The van der Waals surface area contributed by atoms with Gasteiger partial charge < -0.3 is 15.5 Å². The molecule has 24 heavy (non-hydrogen) atoms. The maximum atomic E-state index is 13.6. The van der Waals surface area contributed by atoms with Crippen LogP contribution in [-0.2, 0) is 0 Å². The first kappa shape index (κ1) is 17.7. The van der Waals surface area contributed by atoms with Crippen molar-refractivity contribution in [3.05, 3.63) is 47.9 Å². The van der Waals surface area contributed by atoms with Crippen molar-refractivity contribution < 1.29 is 13.6 Å². The lowest BCUT2D eigenvalue weighted by Gasteiger charge is -2.10. The van der Waals surface area contributed by atoms with Gasteiger partial charge in [-0.15, -0.1) is 0 Å². The van der Waals surface area contributed by atoms with E-state index in [-0.39, 0.29) is 23.1 Å². The number of amides is 1. The number of hydrogen-bond acceptors (Lipinski definition) is 5. The van der Waals surface area contributed by atoms with Crippen LogP contribution in [0.25, 0.3) is 0 Å². The number of carbonyl (C=O) groups is 1. The van der Waals surface area contributed by atoms with E-state index in [4.69, 9.17) is 0 Å². The number of hydrogen-bond donors (Lipinski definition) is 2. The molecular formula is C16H19F2N5O. The Kier molecular flexibility index (Phi) is 6.14. The van der Waals surface area contributed by atoms with Gasteiger partial charge in [-0.05, 0) is 39.2 Å². The number of halogens is 2. The molecule has 0 aliphatic rings. The Labute approximate surface area is 138 Å². The van der Waals surface area contributed by atoms with Gasteiger partial charge in [0.1, 0.15) is 23.1 Å². The van der Waals surface area contributed by atoms with E-state index in [1.54, 1.807) is 0 Å². The lowest BCUT2D eigenvalue weighted by atomic mass is 10.3. The van der Waals surface area contributed by atoms with Gasteiger partial charge in [0.2, 0.25) is 0 Å². The van der Waals surface area contributed by atoms with Gasteiger partial charge in [0.25, 0.3) is 5.91 Å². The zero-order valence-corrected chi connectivity index (χ0v) is 13.5. The van der Waals surface area contributed by atoms with E-state index in [2.05, 4.69) is 20.6 Å². The Bertz CT molecular complexity index is 691. The number of anilines is 2. The molecule has 1 amide bonds. The molecule has 0 saturated heterocycles. The van der Waals surface area contributed by atoms with Crippen LogP contribution < -0.4 is 10.6 Å². The Morgan fingerprint density at radius 2 is 2.00 bits per heavy atom. The highest BCUT2D eigenvalue weighted by Gasteiger charge is 2.09. The van der Waals surface area contributed by atoms with Crippen LogP contribution in [0.2, 0.25) is 0 Å². The molecule has 0 unspecified atom stereocenters. The number of nitrogens with zero attached hydrogens (tertiary/aromatic N) is 3. The molecule has 0 atom stereocenters. The molecule has 0 fully saturated rings. The van der Waals surface area contributed by atoms with E-state index in [1.807, 2.05) is 19.0 Å². The third-order valence-corrected chi connectivity index (χ3v) is 3.15. The van der Waals surface area contributed by atoms with Crippen molar-refractivity contribution in [2.45, 2.75) is 6.42 Å².